The molecule has 0 heterocycles. The first-order valence-electron chi connectivity index (χ1n) is 3.52. The van der Waals surface area contributed by atoms with Crippen molar-refractivity contribution in [2.24, 2.45) is 0 Å². The van der Waals surface area contributed by atoms with Crippen molar-refractivity contribution >= 4 is 0 Å². The lowest BCUT2D eigenvalue weighted by Crippen LogP contribution is -2.20. The monoisotopic (exact) mass is 131 g/mol. The predicted molar refractivity (Wildman–Crippen MR) is 35.7 cm³/mol. The van der Waals surface area contributed by atoms with Crippen LogP contribution in [0.15, 0.2) is 0 Å². The minimum absolute atomic E-state index is 0.634. The molecule has 1 radical (unpaired) electrons. The van der Waals surface area contributed by atoms with Gasteiger partial charge in [-0.1, -0.05) is 19.8 Å². The van der Waals surface area contributed by atoms with Crippen LogP contribution in [0.25, 0.3) is 0 Å². The zero-order chi connectivity index (χ0) is 7.28. The highest BCUT2D eigenvalue weighted by atomic mass is 16.3. The van der Waals surface area contributed by atoms with E-state index in [0.29, 0.717) is 6.42 Å². The molecule has 2 heteroatoms. The van der Waals surface area contributed by atoms with Crippen molar-refractivity contribution in [3.63, 3.8) is 0 Å². The summed E-state index contributed by atoms with van der Waals surface area (Å²) in [5.74, 6) is 0. The lowest BCUT2D eigenvalue weighted by Gasteiger charge is -2.09. The Kier molecular flexibility index (Phi) is 4.72. The van der Waals surface area contributed by atoms with Crippen LogP contribution in [-0.2, 0) is 5.11 Å². The standard InChI is InChI=1S/C7H15O2/c1-3-4-5-7(9)6(2)8/h6-7,9H,3-5H2,1-2H3. The number of hydrogen-bond donors (Lipinski definition) is 1. The van der Waals surface area contributed by atoms with Crippen molar-refractivity contribution in [1.82, 2.24) is 0 Å². The molecule has 0 aliphatic heterocycles. The molecule has 1 N–H and O–H groups in total. The molecule has 0 aromatic rings. The smallest absolute Gasteiger partial charge is 0.116 e. The van der Waals surface area contributed by atoms with Crippen LogP contribution < -0.4 is 0 Å². The van der Waals surface area contributed by atoms with Gasteiger partial charge in [-0.2, -0.15) is 0 Å². The Balaban J connectivity index is 3.16. The molecule has 2 atom stereocenters. The molecule has 2 unspecified atom stereocenters. The maximum Gasteiger partial charge on any atom is 0.116 e. The van der Waals surface area contributed by atoms with E-state index in [1.54, 1.807) is 0 Å². The normalized spacial score (nSPS) is 17.3. The summed E-state index contributed by atoms with van der Waals surface area (Å²) in [5.41, 5.74) is 0. The van der Waals surface area contributed by atoms with Crippen molar-refractivity contribution in [2.75, 3.05) is 0 Å². The van der Waals surface area contributed by atoms with Gasteiger partial charge in [0.05, 0.1) is 6.10 Å². The third kappa shape index (κ3) is 4.43. The molecule has 0 rings (SSSR count). The Morgan fingerprint density at radius 3 is 2.44 bits per heavy atom. The highest BCUT2D eigenvalue weighted by Crippen LogP contribution is 2.03. The lowest BCUT2D eigenvalue weighted by molar-refractivity contribution is -0.0178. The van der Waals surface area contributed by atoms with Crippen LogP contribution in [-0.4, -0.2) is 17.3 Å². The summed E-state index contributed by atoms with van der Waals surface area (Å²) in [6, 6.07) is 0. The Bertz CT molecular complexity index is 61.9. The van der Waals surface area contributed by atoms with E-state index in [0.717, 1.165) is 12.8 Å². The Hall–Kier alpha value is -0.0800. The van der Waals surface area contributed by atoms with E-state index in [2.05, 4.69) is 0 Å². The van der Waals surface area contributed by atoms with E-state index >= 15 is 0 Å². The van der Waals surface area contributed by atoms with E-state index in [9.17, 15) is 5.11 Å². The van der Waals surface area contributed by atoms with Crippen LogP contribution in [0.1, 0.15) is 33.1 Å². The van der Waals surface area contributed by atoms with Crippen molar-refractivity contribution in [2.45, 2.75) is 45.3 Å². The second-order valence-electron chi connectivity index (χ2n) is 2.41. The summed E-state index contributed by atoms with van der Waals surface area (Å²) in [4.78, 5) is 0. The maximum absolute atomic E-state index is 10.5. The van der Waals surface area contributed by atoms with Crippen LogP contribution >= 0.6 is 0 Å². The molecule has 0 bridgehead atoms. The molecule has 2 nitrogen and oxygen atoms in total. The SMILES string of the molecule is CCCCC(O)C(C)[O]. The maximum atomic E-state index is 10.5. The predicted octanol–water partition coefficient (Wildman–Crippen LogP) is 1.36. The fourth-order valence-corrected chi connectivity index (χ4v) is 0.648. The summed E-state index contributed by atoms with van der Waals surface area (Å²) in [5, 5.41) is 19.4. The summed E-state index contributed by atoms with van der Waals surface area (Å²) >= 11 is 0. The van der Waals surface area contributed by atoms with Gasteiger partial charge in [0, 0.05) is 0 Å². The van der Waals surface area contributed by atoms with Gasteiger partial charge in [-0.25, -0.2) is 5.11 Å². The van der Waals surface area contributed by atoms with Gasteiger partial charge in [0.25, 0.3) is 0 Å². The van der Waals surface area contributed by atoms with Crippen LogP contribution in [0, 0.1) is 0 Å². The first kappa shape index (κ1) is 8.92. The largest absolute Gasteiger partial charge is 0.390 e. The van der Waals surface area contributed by atoms with E-state index in [-0.39, 0.29) is 0 Å². The quantitative estimate of drug-likeness (QED) is 0.614. The van der Waals surface area contributed by atoms with E-state index in [1.807, 2.05) is 6.92 Å². The molecule has 9 heavy (non-hydrogen) atoms. The number of unbranched alkanes of at least 4 members (excludes halogenated alkanes) is 1. The Morgan fingerprint density at radius 2 is 2.11 bits per heavy atom. The van der Waals surface area contributed by atoms with Crippen LogP contribution in [0.5, 0.6) is 0 Å². The van der Waals surface area contributed by atoms with Crippen molar-refractivity contribution in [1.29, 1.82) is 0 Å². The molecule has 0 amide bonds. The van der Waals surface area contributed by atoms with Gasteiger partial charge in [-0.05, 0) is 13.3 Å². The molecule has 0 fully saturated rings. The molecule has 0 aliphatic rings. The van der Waals surface area contributed by atoms with Crippen LogP contribution in [0.3, 0.4) is 0 Å². The topological polar surface area (TPSA) is 40.1 Å². The summed E-state index contributed by atoms with van der Waals surface area (Å²) < 4.78 is 0. The average Bonchev–Trinajstić information content (AvgIpc) is 1.82. The van der Waals surface area contributed by atoms with Gasteiger partial charge in [-0.15, -0.1) is 0 Å². The van der Waals surface area contributed by atoms with Gasteiger partial charge in [-0.3, -0.25) is 0 Å². The van der Waals surface area contributed by atoms with Crippen molar-refractivity contribution < 1.29 is 10.2 Å². The first-order chi connectivity index (χ1) is 4.18. The summed E-state index contributed by atoms with van der Waals surface area (Å²) in [6.45, 7) is 3.54. The van der Waals surface area contributed by atoms with Crippen LogP contribution in [0.4, 0.5) is 0 Å². The van der Waals surface area contributed by atoms with E-state index in [4.69, 9.17) is 5.11 Å². The molecule has 0 saturated carbocycles. The van der Waals surface area contributed by atoms with Gasteiger partial charge >= 0.3 is 0 Å². The fraction of sp³-hybridized carbons (Fsp3) is 1.00. The first-order valence-corrected chi connectivity index (χ1v) is 3.52. The summed E-state index contributed by atoms with van der Waals surface area (Å²) in [6.07, 6.45) is 1.19. The fourth-order valence-electron chi connectivity index (χ4n) is 0.648. The molecular formula is C7H15O2. The van der Waals surface area contributed by atoms with Gasteiger partial charge < -0.3 is 5.11 Å². The number of aliphatic hydroxyl groups is 1. The summed E-state index contributed by atoms with van der Waals surface area (Å²) in [7, 11) is 0. The van der Waals surface area contributed by atoms with Crippen molar-refractivity contribution in [3.8, 4) is 0 Å². The number of aliphatic hydroxyl groups excluding tert-OH is 1. The molecular weight excluding hydrogens is 116 g/mol. The zero-order valence-corrected chi connectivity index (χ0v) is 6.13. The van der Waals surface area contributed by atoms with Gasteiger partial charge in [0.1, 0.15) is 6.10 Å². The molecule has 0 aliphatic carbocycles. The minimum Gasteiger partial charge on any atom is -0.390 e. The Labute approximate surface area is 56.5 Å². The second-order valence-corrected chi connectivity index (χ2v) is 2.41. The second kappa shape index (κ2) is 4.77. The van der Waals surface area contributed by atoms with E-state index in [1.165, 1.54) is 6.92 Å². The molecule has 0 spiro atoms. The molecule has 55 valence electrons. The van der Waals surface area contributed by atoms with E-state index < -0.39 is 12.2 Å². The van der Waals surface area contributed by atoms with Gasteiger partial charge in [0.15, 0.2) is 0 Å². The minimum atomic E-state index is -0.823. The zero-order valence-electron chi connectivity index (χ0n) is 6.13. The molecule has 0 aromatic heterocycles. The molecule has 0 aromatic carbocycles. The average molecular weight is 131 g/mol. The third-order valence-electron chi connectivity index (χ3n) is 1.40. The molecule has 0 saturated heterocycles. The highest BCUT2D eigenvalue weighted by molar-refractivity contribution is 4.60. The van der Waals surface area contributed by atoms with Crippen LogP contribution in [0.2, 0.25) is 0 Å². The number of rotatable bonds is 4. The third-order valence-corrected chi connectivity index (χ3v) is 1.40. The van der Waals surface area contributed by atoms with Gasteiger partial charge in [0.2, 0.25) is 0 Å². The Morgan fingerprint density at radius 1 is 1.56 bits per heavy atom. The van der Waals surface area contributed by atoms with Crippen molar-refractivity contribution in [3.05, 3.63) is 0 Å². The lowest BCUT2D eigenvalue weighted by atomic mass is 10.1. The number of hydrogen-bond acceptors (Lipinski definition) is 1. The highest BCUT2D eigenvalue weighted by Gasteiger charge is 2.10.